The van der Waals surface area contributed by atoms with E-state index < -0.39 is 0 Å². The summed E-state index contributed by atoms with van der Waals surface area (Å²) in [5.41, 5.74) is 1.96. The van der Waals surface area contributed by atoms with Crippen molar-refractivity contribution in [3.05, 3.63) is 69.7 Å². The number of allylic oxidation sites excluding steroid dienone is 1. The third kappa shape index (κ3) is 5.79. The summed E-state index contributed by atoms with van der Waals surface area (Å²) in [6.07, 6.45) is 4.96. The van der Waals surface area contributed by atoms with Gasteiger partial charge in [0.25, 0.3) is 11.5 Å². The Kier molecular flexibility index (Phi) is 8.11. The minimum absolute atomic E-state index is 0.138. The van der Waals surface area contributed by atoms with Crippen molar-refractivity contribution in [2.24, 2.45) is 5.92 Å². The van der Waals surface area contributed by atoms with Crippen molar-refractivity contribution >= 4 is 5.91 Å². The molecule has 1 N–H and O–H groups in total. The second kappa shape index (κ2) is 11.0. The number of amides is 1. The minimum Gasteiger partial charge on any atom is -0.497 e. The number of nitrogens with zero attached hydrogens (tertiary/aromatic N) is 2. The van der Waals surface area contributed by atoms with Crippen molar-refractivity contribution in [1.29, 1.82) is 0 Å². The van der Waals surface area contributed by atoms with Crippen molar-refractivity contribution < 1.29 is 14.3 Å². The summed E-state index contributed by atoms with van der Waals surface area (Å²) < 4.78 is 12.4. The molecule has 2 aromatic rings. The van der Waals surface area contributed by atoms with Crippen molar-refractivity contribution in [2.45, 2.75) is 33.4 Å². The largest absolute Gasteiger partial charge is 0.497 e. The number of methoxy groups -OCH3 is 2. The molecule has 0 aliphatic carbocycles. The average molecular weight is 440 g/mol. The van der Waals surface area contributed by atoms with Gasteiger partial charge in [-0.2, -0.15) is 0 Å². The standard InChI is InChI=1S/C25H33N3O4/c1-18(2)7-6-11-27-12-10-21-24(22(32-4)16-23(29)28(21)14-13-27)25(30)26-17-19-8-5-9-20(15-19)31-3/h5-9,15-16,18H,10-14,17H2,1-4H3,(H,26,30)/b7-6+. The van der Waals surface area contributed by atoms with Gasteiger partial charge in [-0.3, -0.25) is 14.5 Å². The Balaban J connectivity index is 1.82. The maximum Gasteiger partial charge on any atom is 0.257 e. The van der Waals surface area contributed by atoms with E-state index in [9.17, 15) is 9.59 Å². The maximum atomic E-state index is 13.2. The third-order valence-electron chi connectivity index (χ3n) is 5.60. The highest BCUT2D eigenvalue weighted by Crippen LogP contribution is 2.23. The molecule has 0 spiro atoms. The highest BCUT2D eigenvalue weighted by Gasteiger charge is 2.25. The van der Waals surface area contributed by atoms with Crippen molar-refractivity contribution in [3.63, 3.8) is 0 Å². The van der Waals surface area contributed by atoms with Crippen LogP contribution in [0.1, 0.15) is 35.5 Å². The molecule has 1 aromatic heterocycles. The lowest BCUT2D eigenvalue weighted by Gasteiger charge is -2.17. The summed E-state index contributed by atoms with van der Waals surface area (Å²) in [5, 5.41) is 2.97. The Bertz CT molecular complexity index is 1030. The summed E-state index contributed by atoms with van der Waals surface area (Å²) in [7, 11) is 3.10. The van der Waals surface area contributed by atoms with Crippen LogP contribution in [-0.4, -0.2) is 49.2 Å². The lowest BCUT2D eigenvalue weighted by atomic mass is 10.1. The summed E-state index contributed by atoms with van der Waals surface area (Å²) in [5.74, 6) is 1.31. The molecule has 0 fully saturated rings. The first-order valence-electron chi connectivity index (χ1n) is 11.0. The predicted octanol–water partition coefficient (Wildman–Crippen LogP) is 2.87. The molecular formula is C25H33N3O4. The highest BCUT2D eigenvalue weighted by atomic mass is 16.5. The van der Waals surface area contributed by atoms with E-state index in [0.29, 0.717) is 36.7 Å². The minimum atomic E-state index is -0.249. The molecule has 1 aliphatic rings. The number of carbonyl (C=O) groups is 1. The first-order chi connectivity index (χ1) is 15.4. The van der Waals surface area contributed by atoms with E-state index in [1.54, 1.807) is 11.7 Å². The Morgan fingerprint density at radius 2 is 1.97 bits per heavy atom. The number of carbonyl (C=O) groups excluding carboxylic acids is 1. The predicted molar refractivity (Wildman–Crippen MR) is 126 cm³/mol. The molecule has 0 saturated heterocycles. The van der Waals surface area contributed by atoms with E-state index in [4.69, 9.17) is 9.47 Å². The SMILES string of the molecule is COc1cccc(CNC(=O)c2c(OC)cc(=O)n3c2CCN(C/C=C/C(C)C)CC3)c1. The van der Waals surface area contributed by atoms with Gasteiger partial charge >= 0.3 is 0 Å². The first-order valence-corrected chi connectivity index (χ1v) is 11.0. The second-order valence-electron chi connectivity index (χ2n) is 8.28. The van der Waals surface area contributed by atoms with Gasteiger partial charge in [0.05, 0.1) is 14.2 Å². The number of hydrogen-bond acceptors (Lipinski definition) is 5. The maximum absolute atomic E-state index is 13.2. The molecular weight excluding hydrogens is 406 g/mol. The van der Waals surface area contributed by atoms with Crippen molar-refractivity contribution in [3.8, 4) is 11.5 Å². The third-order valence-corrected chi connectivity index (χ3v) is 5.60. The summed E-state index contributed by atoms with van der Waals surface area (Å²) >= 11 is 0. The normalized spacial score (nSPS) is 14.3. The van der Waals surface area contributed by atoms with Gasteiger partial charge in [0.15, 0.2) is 0 Å². The fourth-order valence-corrected chi connectivity index (χ4v) is 3.92. The van der Waals surface area contributed by atoms with Crippen LogP contribution in [-0.2, 0) is 19.5 Å². The van der Waals surface area contributed by atoms with Crippen LogP contribution in [0.4, 0.5) is 0 Å². The van der Waals surface area contributed by atoms with Gasteiger partial charge in [-0.25, -0.2) is 0 Å². The first kappa shape index (κ1) is 23.6. The Labute approximate surface area is 189 Å². The van der Waals surface area contributed by atoms with E-state index in [1.165, 1.54) is 13.2 Å². The van der Waals surface area contributed by atoms with E-state index >= 15 is 0 Å². The van der Waals surface area contributed by atoms with Crippen LogP contribution in [0, 0.1) is 5.92 Å². The molecule has 7 heteroatoms. The molecule has 1 amide bonds. The Hall–Kier alpha value is -3.06. The van der Waals surface area contributed by atoms with Gasteiger partial charge in [0.2, 0.25) is 0 Å². The molecule has 1 aliphatic heterocycles. The fourth-order valence-electron chi connectivity index (χ4n) is 3.92. The van der Waals surface area contributed by atoms with Gasteiger partial charge in [-0.05, 0) is 23.6 Å². The van der Waals surface area contributed by atoms with Crippen LogP contribution < -0.4 is 20.3 Å². The van der Waals surface area contributed by atoms with Crippen LogP contribution in [0.5, 0.6) is 11.5 Å². The van der Waals surface area contributed by atoms with Crippen LogP contribution in [0.25, 0.3) is 0 Å². The number of benzene rings is 1. The van der Waals surface area contributed by atoms with Crippen molar-refractivity contribution in [1.82, 2.24) is 14.8 Å². The van der Waals surface area contributed by atoms with Crippen LogP contribution in [0.3, 0.4) is 0 Å². The van der Waals surface area contributed by atoms with Crippen LogP contribution >= 0.6 is 0 Å². The van der Waals surface area contributed by atoms with E-state index in [1.807, 2.05) is 24.3 Å². The zero-order valence-electron chi connectivity index (χ0n) is 19.4. The topological polar surface area (TPSA) is 72.8 Å². The van der Waals surface area contributed by atoms with Crippen LogP contribution in [0.15, 0.2) is 47.3 Å². The zero-order chi connectivity index (χ0) is 23.1. The number of fused-ring (bicyclic) bond motifs is 1. The smallest absolute Gasteiger partial charge is 0.257 e. The molecule has 0 radical (unpaired) electrons. The number of rotatable bonds is 8. The zero-order valence-corrected chi connectivity index (χ0v) is 19.4. The van der Waals surface area contributed by atoms with Gasteiger partial charge < -0.3 is 19.4 Å². The summed E-state index contributed by atoms with van der Waals surface area (Å²) in [4.78, 5) is 28.3. The molecule has 3 rings (SSSR count). The lowest BCUT2D eigenvalue weighted by Crippen LogP contribution is -2.31. The molecule has 0 bridgehead atoms. The summed E-state index contributed by atoms with van der Waals surface area (Å²) in [6.45, 7) is 7.55. The molecule has 0 atom stereocenters. The fraction of sp³-hybridized carbons (Fsp3) is 0.440. The molecule has 0 saturated carbocycles. The molecule has 2 heterocycles. The van der Waals surface area contributed by atoms with Crippen LogP contribution in [0.2, 0.25) is 0 Å². The molecule has 7 nitrogen and oxygen atoms in total. The van der Waals surface area contributed by atoms with Gasteiger partial charge in [0.1, 0.15) is 17.1 Å². The van der Waals surface area contributed by atoms with Gasteiger partial charge in [-0.15, -0.1) is 0 Å². The number of aromatic nitrogens is 1. The number of hydrogen-bond donors (Lipinski definition) is 1. The molecule has 1 aromatic carbocycles. The second-order valence-corrected chi connectivity index (χ2v) is 8.28. The summed E-state index contributed by atoms with van der Waals surface area (Å²) in [6, 6.07) is 8.98. The van der Waals surface area contributed by atoms with E-state index in [-0.39, 0.29) is 11.5 Å². The quantitative estimate of drug-likeness (QED) is 0.641. The Morgan fingerprint density at radius 1 is 1.16 bits per heavy atom. The van der Waals surface area contributed by atoms with Gasteiger partial charge in [0, 0.05) is 50.9 Å². The monoisotopic (exact) mass is 439 g/mol. The highest BCUT2D eigenvalue weighted by molar-refractivity contribution is 5.98. The van der Waals surface area contributed by atoms with E-state index in [0.717, 1.165) is 36.6 Å². The molecule has 172 valence electrons. The number of nitrogens with one attached hydrogen (secondary N) is 1. The molecule has 0 unspecified atom stereocenters. The van der Waals surface area contributed by atoms with Gasteiger partial charge in [-0.1, -0.05) is 38.1 Å². The average Bonchev–Trinajstić information content (AvgIpc) is 3.00. The Morgan fingerprint density at radius 3 is 2.69 bits per heavy atom. The molecule has 32 heavy (non-hydrogen) atoms. The number of pyridine rings is 1. The van der Waals surface area contributed by atoms with Crippen molar-refractivity contribution in [2.75, 3.05) is 33.9 Å². The van der Waals surface area contributed by atoms with E-state index in [2.05, 4.69) is 36.2 Å². The number of ether oxygens (including phenoxy) is 2. The lowest BCUT2D eigenvalue weighted by molar-refractivity contribution is 0.0945.